The molecule has 0 saturated carbocycles. The van der Waals surface area contributed by atoms with Crippen molar-refractivity contribution in [2.45, 2.75) is 32.7 Å². The molecule has 2 rings (SSSR count). The highest BCUT2D eigenvalue weighted by molar-refractivity contribution is 5.38. The molecule has 2 heterocycles. The minimum Gasteiger partial charge on any atom is -0.352 e. The van der Waals surface area contributed by atoms with Gasteiger partial charge in [0.05, 0.1) is 5.69 Å². The Labute approximate surface area is 97.1 Å². The summed E-state index contributed by atoms with van der Waals surface area (Å²) in [7, 11) is 0. The van der Waals surface area contributed by atoms with Crippen LogP contribution in [0.2, 0.25) is 0 Å². The van der Waals surface area contributed by atoms with Crippen molar-refractivity contribution in [1.29, 1.82) is 0 Å². The minimum atomic E-state index is 0.533. The fraction of sp³-hybridized carbons (Fsp3) is 0.667. The molecule has 88 valence electrons. The van der Waals surface area contributed by atoms with E-state index >= 15 is 0 Å². The summed E-state index contributed by atoms with van der Waals surface area (Å²) in [5.74, 6) is 1.01. The van der Waals surface area contributed by atoms with Crippen molar-refractivity contribution in [2.75, 3.05) is 24.5 Å². The molecule has 4 nitrogen and oxygen atoms in total. The third-order valence-electron chi connectivity index (χ3n) is 2.90. The predicted molar refractivity (Wildman–Crippen MR) is 65.7 cm³/mol. The van der Waals surface area contributed by atoms with Crippen molar-refractivity contribution in [3.63, 3.8) is 0 Å². The first-order chi connectivity index (χ1) is 7.79. The molecule has 1 saturated heterocycles. The van der Waals surface area contributed by atoms with Crippen LogP contribution in [0.15, 0.2) is 12.1 Å². The Morgan fingerprint density at radius 2 is 2.31 bits per heavy atom. The van der Waals surface area contributed by atoms with Crippen molar-refractivity contribution in [1.82, 2.24) is 15.5 Å². The van der Waals surface area contributed by atoms with E-state index in [1.165, 1.54) is 0 Å². The maximum absolute atomic E-state index is 4.30. The number of aromatic nitrogens is 2. The third kappa shape index (κ3) is 2.70. The van der Waals surface area contributed by atoms with Gasteiger partial charge in [0.2, 0.25) is 0 Å². The molecular weight excluding hydrogens is 200 g/mol. The molecule has 0 amide bonds. The second-order valence-electron chi connectivity index (χ2n) is 4.43. The van der Waals surface area contributed by atoms with Crippen LogP contribution >= 0.6 is 0 Å². The molecule has 1 aromatic heterocycles. The van der Waals surface area contributed by atoms with E-state index < -0.39 is 0 Å². The van der Waals surface area contributed by atoms with E-state index in [1.54, 1.807) is 0 Å². The highest BCUT2D eigenvalue weighted by Crippen LogP contribution is 2.12. The lowest BCUT2D eigenvalue weighted by atomic mass is 10.2. The third-order valence-corrected chi connectivity index (χ3v) is 2.90. The number of nitrogens with one attached hydrogen (secondary N) is 1. The monoisotopic (exact) mass is 220 g/mol. The summed E-state index contributed by atoms with van der Waals surface area (Å²) in [6.45, 7) is 7.42. The summed E-state index contributed by atoms with van der Waals surface area (Å²) in [4.78, 5) is 2.30. The molecule has 0 aliphatic carbocycles. The highest BCUT2D eigenvalue weighted by Gasteiger charge is 2.16. The molecule has 1 aliphatic rings. The number of rotatable bonds is 3. The van der Waals surface area contributed by atoms with Gasteiger partial charge in [-0.25, -0.2) is 0 Å². The number of hydrogen-bond acceptors (Lipinski definition) is 4. The first kappa shape index (κ1) is 11.3. The van der Waals surface area contributed by atoms with Gasteiger partial charge in [0, 0.05) is 25.7 Å². The fourth-order valence-corrected chi connectivity index (χ4v) is 2.05. The van der Waals surface area contributed by atoms with E-state index in [9.17, 15) is 0 Å². The molecule has 1 aromatic rings. The Morgan fingerprint density at radius 1 is 1.44 bits per heavy atom. The molecule has 0 radical (unpaired) electrons. The zero-order chi connectivity index (χ0) is 11.4. The predicted octanol–water partition coefficient (Wildman–Crippen LogP) is 1.23. The van der Waals surface area contributed by atoms with Crippen molar-refractivity contribution in [3.05, 3.63) is 17.8 Å². The molecule has 1 atom stereocenters. The molecule has 0 spiro atoms. The van der Waals surface area contributed by atoms with Crippen LogP contribution in [0.4, 0.5) is 5.82 Å². The van der Waals surface area contributed by atoms with E-state index in [-0.39, 0.29) is 0 Å². The molecule has 0 aromatic carbocycles. The first-order valence-electron chi connectivity index (χ1n) is 6.10. The number of nitrogens with zero attached hydrogens (tertiary/aromatic N) is 3. The Hall–Kier alpha value is -1.16. The van der Waals surface area contributed by atoms with Gasteiger partial charge in [-0.3, -0.25) is 0 Å². The smallest absolute Gasteiger partial charge is 0.151 e. The second-order valence-corrected chi connectivity index (χ2v) is 4.43. The maximum atomic E-state index is 4.30. The van der Waals surface area contributed by atoms with Gasteiger partial charge in [-0.1, -0.05) is 13.3 Å². The number of piperazine rings is 1. The van der Waals surface area contributed by atoms with Crippen molar-refractivity contribution in [2.24, 2.45) is 0 Å². The summed E-state index contributed by atoms with van der Waals surface area (Å²) in [5, 5.41) is 12.0. The maximum Gasteiger partial charge on any atom is 0.151 e. The SMILES string of the molecule is CCCc1ccc(N2CCNC(C)C2)nn1. The summed E-state index contributed by atoms with van der Waals surface area (Å²) >= 11 is 0. The van der Waals surface area contributed by atoms with Gasteiger partial charge in [0.1, 0.15) is 0 Å². The number of anilines is 1. The Bertz CT molecular complexity index is 322. The largest absolute Gasteiger partial charge is 0.352 e. The quantitative estimate of drug-likeness (QED) is 0.832. The summed E-state index contributed by atoms with van der Waals surface area (Å²) in [6, 6.07) is 4.72. The molecule has 4 heteroatoms. The van der Waals surface area contributed by atoms with Crippen molar-refractivity contribution >= 4 is 5.82 Å². The van der Waals surface area contributed by atoms with Gasteiger partial charge < -0.3 is 10.2 Å². The zero-order valence-corrected chi connectivity index (χ0v) is 10.1. The number of aryl methyl sites for hydroxylation is 1. The lowest BCUT2D eigenvalue weighted by molar-refractivity contribution is 0.481. The number of hydrogen-bond donors (Lipinski definition) is 1. The Morgan fingerprint density at radius 3 is 2.94 bits per heavy atom. The van der Waals surface area contributed by atoms with Gasteiger partial charge in [-0.2, -0.15) is 5.10 Å². The molecule has 16 heavy (non-hydrogen) atoms. The Kier molecular flexibility index (Phi) is 3.72. The molecule has 1 unspecified atom stereocenters. The summed E-state index contributed by atoms with van der Waals surface area (Å²) in [6.07, 6.45) is 2.14. The van der Waals surface area contributed by atoms with Crippen LogP contribution in [0.25, 0.3) is 0 Å². The van der Waals surface area contributed by atoms with Crippen LogP contribution in [-0.2, 0) is 6.42 Å². The Balaban J connectivity index is 2.03. The van der Waals surface area contributed by atoms with Crippen LogP contribution in [0.3, 0.4) is 0 Å². The second kappa shape index (κ2) is 5.25. The van der Waals surface area contributed by atoms with Gasteiger partial charge in [-0.15, -0.1) is 5.10 Å². The average Bonchev–Trinajstić information content (AvgIpc) is 2.30. The normalized spacial score (nSPS) is 21.1. The lowest BCUT2D eigenvalue weighted by Crippen LogP contribution is -2.49. The average molecular weight is 220 g/mol. The zero-order valence-electron chi connectivity index (χ0n) is 10.1. The topological polar surface area (TPSA) is 41.0 Å². The highest BCUT2D eigenvalue weighted by atomic mass is 15.3. The van der Waals surface area contributed by atoms with Crippen LogP contribution in [-0.4, -0.2) is 35.9 Å². The van der Waals surface area contributed by atoms with Gasteiger partial charge in [0.15, 0.2) is 5.82 Å². The first-order valence-corrected chi connectivity index (χ1v) is 6.10. The van der Waals surface area contributed by atoms with E-state index in [2.05, 4.69) is 46.4 Å². The van der Waals surface area contributed by atoms with Crippen LogP contribution in [0.1, 0.15) is 26.0 Å². The van der Waals surface area contributed by atoms with E-state index in [0.717, 1.165) is 44.0 Å². The molecule has 1 aliphatic heterocycles. The van der Waals surface area contributed by atoms with Crippen LogP contribution in [0.5, 0.6) is 0 Å². The van der Waals surface area contributed by atoms with Crippen LogP contribution < -0.4 is 10.2 Å². The summed E-state index contributed by atoms with van der Waals surface area (Å²) < 4.78 is 0. The van der Waals surface area contributed by atoms with Gasteiger partial charge in [-0.05, 0) is 25.5 Å². The molecule has 0 bridgehead atoms. The molecule has 1 fully saturated rings. The summed E-state index contributed by atoms with van der Waals surface area (Å²) in [5.41, 5.74) is 1.09. The van der Waals surface area contributed by atoms with Crippen molar-refractivity contribution < 1.29 is 0 Å². The van der Waals surface area contributed by atoms with Gasteiger partial charge in [0.25, 0.3) is 0 Å². The van der Waals surface area contributed by atoms with Gasteiger partial charge >= 0.3 is 0 Å². The lowest BCUT2D eigenvalue weighted by Gasteiger charge is -2.32. The fourth-order valence-electron chi connectivity index (χ4n) is 2.05. The van der Waals surface area contributed by atoms with E-state index in [4.69, 9.17) is 0 Å². The van der Waals surface area contributed by atoms with E-state index in [0.29, 0.717) is 6.04 Å². The molecule has 1 N–H and O–H groups in total. The van der Waals surface area contributed by atoms with Crippen LogP contribution in [0, 0.1) is 0 Å². The van der Waals surface area contributed by atoms with Crippen molar-refractivity contribution in [3.8, 4) is 0 Å². The standard InChI is InChI=1S/C12H20N4/c1-3-4-11-5-6-12(15-14-11)16-8-7-13-10(2)9-16/h5-6,10,13H,3-4,7-9H2,1-2H3. The van der Waals surface area contributed by atoms with E-state index in [1.807, 2.05) is 0 Å². The minimum absolute atomic E-state index is 0.533. The molecular formula is C12H20N4.